The number of rotatable bonds is 3. The van der Waals surface area contributed by atoms with Gasteiger partial charge in [-0.3, -0.25) is 19.9 Å². The highest BCUT2D eigenvalue weighted by atomic mass is 35.5. The number of aromatic nitrogens is 1. The molecule has 0 aliphatic carbocycles. The van der Waals surface area contributed by atoms with Crippen LogP contribution < -0.4 is 5.32 Å². The van der Waals surface area contributed by atoms with Gasteiger partial charge < -0.3 is 10.2 Å². The molecule has 0 bridgehead atoms. The van der Waals surface area contributed by atoms with Gasteiger partial charge in [0, 0.05) is 54.7 Å². The normalized spacial score (nSPS) is 17.5. The number of nitrogens with zero attached hydrogens (tertiary/aromatic N) is 3. The molecule has 1 aliphatic heterocycles. The van der Waals surface area contributed by atoms with Crippen LogP contribution in [0.5, 0.6) is 0 Å². The molecule has 0 radical (unpaired) electrons. The number of halogens is 1. The van der Waals surface area contributed by atoms with Crippen molar-refractivity contribution in [2.75, 3.05) is 19.6 Å². The summed E-state index contributed by atoms with van der Waals surface area (Å²) in [5, 5.41) is 14.4. The Balaban J connectivity index is 1.94. The Morgan fingerprint density at radius 3 is 2.96 bits per heavy atom. The molecule has 1 saturated heterocycles. The zero-order valence-corrected chi connectivity index (χ0v) is 13.4. The molecular weight excluding hydrogens is 332 g/mol. The lowest BCUT2D eigenvalue weighted by molar-refractivity contribution is -0.384. The molecule has 24 heavy (non-hydrogen) atoms. The second-order valence-corrected chi connectivity index (χ2v) is 5.90. The first kappa shape index (κ1) is 16.4. The lowest BCUT2D eigenvalue weighted by atomic mass is 10.0. The molecular formula is C16H15ClN4O3. The molecule has 1 unspecified atom stereocenters. The van der Waals surface area contributed by atoms with E-state index in [1.807, 2.05) is 12.1 Å². The first-order valence-electron chi connectivity index (χ1n) is 7.43. The summed E-state index contributed by atoms with van der Waals surface area (Å²) in [5.74, 6) is -0.282. The summed E-state index contributed by atoms with van der Waals surface area (Å²) in [5.41, 5.74) is 0.929. The van der Waals surface area contributed by atoms with Gasteiger partial charge in [-0.15, -0.1) is 0 Å². The van der Waals surface area contributed by atoms with Gasteiger partial charge in [0.2, 0.25) is 0 Å². The van der Waals surface area contributed by atoms with Gasteiger partial charge in [-0.1, -0.05) is 17.7 Å². The van der Waals surface area contributed by atoms with Crippen LogP contribution >= 0.6 is 11.6 Å². The zero-order chi connectivity index (χ0) is 17.1. The van der Waals surface area contributed by atoms with Gasteiger partial charge in [-0.2, -0.15) is 0 Å². The number of amides is 1. The van der Waals surface area contributed by atoms with Crippen LogP contribution in [-0.2, 0) is 0 Å². The molecule has 1 atom stereocenters. The van der Waals surface area contributed by atoms with Crippen molar-refractivity contribution in [1.29, 1.82) is 0 Å². The molecule has 1 aromatic heterocycles. The Hall–Kier alpha value is -2.51. The van der Waals surface area contributed by atoms with E-state index in [9.17, 15) is 14.9 Å². The fraction of sp³-hybridized carbons (Fsp3) is 0.250. The lowest BCUT2D eigenvalue weighted by Gasteiger charge is -2.36. The predicted molar refractivity (Wildman–Crippen MR) is 89.0 cm³/mol. The number of nitro benzene ring substituents is 1. The number of nitro groups is 1. The Morgan fingerprint density at radius 1 is 1.42 bits per heavy atom. The summed E-state index contributed by atoms with van der Waals surface area (Å²) >= 11 is 5.93. The van der Waals surface area contributed by atoms with Crippen LogP contribution in [0.25, 0.3) is 0 Å². The Bertz CT molecular complexity index is 769. The molecule has 124 valence electrons. The van der Waals surface area contributed by atoms with Gasteiger partial charge in [0.25, 0.3) is 11.6 Å². The van der Waals surface area contributed by atoms with E-state index in [0.717, 1.165) is 5.56 Å². The maximum Gasteiger partial charge on any atom is 0.271 e. The lowest BCUT2D eigenvalue weighted by Crippen LogP contribution is -2.48. The average Bonchev–Trinajstić information content (AvgIpc) is 2.61. The fourth-order valence-electron chi connectivity index (χ4n) is 2.79. The molecule has 1 aromatic carbocycles. The average molecular weight is 347 g/mol. The minimum Gasteiger partial charge on any atom is -0.329 e. The van der Waals surface area contributed by atoms with Gasteiger partial charge in [0.15, 0.2) is 0 Å². The Morgan fingerprint density at radius 2 is 2.25 bits per heavy atom. The van der Waals surface area contributed by atoms with Crippen LogP contribution in [0.2, 0.25) is 5.02 Å². The highest BCUT2D eigenvalue weighted by Crippen LogP contribution is 2.27. The van der Waals surface area contributed by atoms with Gasteiger partial charge in [0.05, 0.1) is 11.0 Å². The monoisotopic (exact) mass is 346 g/mol. The van der Waals surface area contributed by atoms with E-state index in [2.05, 4.69) is 10.3 Å². The van der Waals surface area contributed by atoms with E-state index in [-0.39, 0.29) is 28.2 Å². The third-order valence-electron chi connectivity index (χ3n) is 3.91. The number of nitrogens with one attached hydrogen (secondary N) is 1. The molecule has 1 N–H and O–H groups in total. The number of carbonyl (C=O) groups excluding carboxylic acids is 1. The molecule has 0 saturated carbocycles. The summed E-state index contributed by atoms with van der Waals surface area (Å²) in [7, 11) is 0. The predicted octanol–water partition coefficient (Wildman–Crippen LogP) is 2.43. The van der Waals surface area contributed by atoms with Gasteiger partial charge >= 0.3 is 0 Å². The number of hydrogen-bond acceptors (Lipinski definition) is 5. The summed E-state index contributed by atoms with van der Waals surface area (Å²) < 4.78 is 0. The topological polar surface area (TPSA) is 88.4 Å². The summed E-state index contributed by atoms with van der Waals surface area (Å²) in [6, 6.07) is 7.49. The molecule has 1 fully saturated rings. The first-order valence-corrected chi connectivity index (χ1v) is 7.80. The maximum absolute atomic E-state index is 12.9. The van der Waals surface area contributed by atoms with Crippen molar-refractivity contribution in [3.63, 3.8) is 0 Å². The smallest absolute Gasteiger partial charge is 0.271 e. The quantitative estimate of drug-likeness (QED) is 0.681. The summed E-state index contributed by atoms with van der Waals surface area (Å²) in [6.07, 6.45) is 3.39. The van der Waals surface area contributed by atoms with E-state index < -0.39 is 4.92 Å². The van der Waals surface area contributed by atoms with Crippen LogP contribution in [0.1, 0.15) is 22.0 Å². The molecule has 3 rings (SSSR count). The molecule has 1 aliphatic rings. The van der Waals surface area contributed by atoms with Gasteiger partial charge in [-0.05, 0) is 17.7 Å². The fourth-order valence-corrected chi connectivity index (χ4v) is 3.02. The van der Waals surface area contributed by atoms with Crippen molar-refractivity contribution < 1.29 is 9.72 Å². The van der Waals surface area contributed by atoms with Crippen molar-refractivity contribution in [3.8, 4) is 0 Å². The Labute approximate surface area is 143 Å². The maximum atomic E-state index is 12.9. The van der Waals surface area contributed by atoms with Crippen LogP contribution in [0.4, 0.5) is 5.69 Å². The van der Waals surface area contributed by atoms with Gasteiger partial charge in [0.1, 0.15) is 0 Å². The minimum absolute atomic E-state index is 0.167. The molecule has 2 aromatic rings. The third-order valence-corrected chi connectivity index (χ3v) is 4.13. The van der Waals surface area contributed by atoms with Crippen molar-refractivity contribution in [2.45, 2.75) is 6.04 Å². The summed E-state index contributed by atoms with van der Waals surface area (Å²) in [6.45, 7) is 1.75. The van der Waals surface area contributed by atoms with E-state index in [4.69, 9.17) is 11.6 Å². The number of non-ortho nitro benzene ring substituents is 1. The van der Waals surface area contributed by atoms with Crippen molar-refractivity contribution in [1.82, 2.24) is 15.2 Å². The van der Waals surface area contributed by atoms with Crippen LogP contribution in [0, 0.1) is 10.1 Å². The first-order chi connectivity index (χ1) is 11.6. The second kappa shape index (κ2) is 6.94. The zero-order valence-electron chi connectivity index (χ0n) is 12.7. The molecule has 8 heteroatoms. The van der Waals surface area contributed by atoms with Crippen molar-refractivity contribution in [3.05, 3.63) is 69.0 Å². The number of hydrogen-bond donors (Lipinski definition) is 1. The van der Waals surface area contributed by atoms with E-state index in [1.165, 1.54) is 18.2 Å². The van der Waals surface area contributed by atoms with Crippen LogP contribution in [-0.4, -0.2) is 40.3 Å². The minimum atomic E-state index is -0.557. The SMILES string of the molecule is O=C(c1cc(Cl)cc([N+](=O)[O-])c1)N1CCNCC1c1cccnc1. The number of benzene rings is 1. The molecule has 0 spiro atoms. The van der Waals surface area contributed by atoms with Crippen LogP contribution in [0.3, 0.4) is 0 Å². The molecule has 1 amide bonds. The largest absolute Gasteiger partial charge is 0.329 e. The second-order valence-electron chi connectivity index (χ2n) is 5.46. The Kier molecular flexibility index (Phi) is 4.73. The van der Waals surface area contributed by atoms with Crippen molar-refractivity contribution >= 4 is 23.2 Å². The van der Waals surface area contributed by atoms with E-state index >= 15 is 0 Å². The van der Waals surface area contributed by atoms with E-state index in [1.54, 1.807) is 17.3 Å². The number of piperazine rings is 1. The highest BCUT2D eigenvalue weighted by molar-refractivity contribution is 6.31. The summed E-state index contributed by atoms with van der Waals surface area (Å²) in [4.78, 5) is 29.1. The van der Waals surface area contributed by atoms with Crippen molar-refractivity contribution in [2.24, 2.45) is 0 Å². The number of carbonyl (C=O) groups is 1. The number of pyridine rings is 1. The standard InChI is InChI=1S/C16H15ClN4O3/c17-13-6-12(7-14(8-13)21(23)24)16(22)20-5-4-19-10-15(20)11-2-1-3-18-9-11/h1-3,6-9,15,19H,4-5,10H2. The third kappa shape index (κ3) is 3.37. The van der Waals surface area contributed by atoms with Gasteiger partial charge in [-0.25, -0.2) is 0 Å². The van der Waals surface area contributed by atoms with E-state index in [0.29, 0.717) is 19.6 Å². The highest BCUT2D eigenvalue weighted by Gasteiger charge is 2.29. The molecule has 7 nitrogen and oxygen atoms in total. The molecule has 2 heterocycles. The van der Waals surface area contributed by atoms with Crippen LogP contribution in [0.15, 0.2) is 42.7 Å².